The highest BCUT2D eigenvalue weighted by molar-refractivity contribution is 5.97. The van der Waals surface area contributed by atoms with Crippen LogP contribution < -0.4 is 21.3 Å². The summed E-state index contributed by atoms with van der Waals surface area (Å²) in [6.07, 6.45) is 0.822. The fourth-order valence-corrected chi connectivity index (χ4v) is 4.25. The third kappa shape index (κ3) is 11.0. The van der Waals surface area contributed by atoms with Gasteiger partial charge in [-0.25, -0.2) is 0 Å². The second kappa shape index (κ2) is 14.5. The minimum absolute atomic E-state index is 0.0963. The van der Waals surface area contributed by atoms with Gasteiger partial charge in [-0.1, -0.05) is 27.7 Å². The molecule has 0 aromatic rings. The average Bonchev–Trinajstić information content (AvgIpc) is 3.59. The normalized spacial score (nSPS) is 21.5. The third-order valence-corrected chi connectivity index (χ3v) is 6.65. The molecule has 2 fully saturated rings. The van der Waals surface area contributed by atoms with Crippen molar-refractivity contribution in [1.29, 1.82) is 0 Å². The van der Waals surface area contributed by atoms with Gasteiger partial charge >= 0.3 is 0 Å². The Morgan fingerprint density at radius 2 is 1.29 bits per heavy atom. The Hall–Kier alpha value is -2.57. The van der Waals surface area contributed by atoms with Gasteiger partial charge in [0.15, 0.2) is 5.78 Å². The minimum Gasteiger partial charge on any atom is -0.361 e. The number of ketones is 1. The van der Waals surface area contributed by atoms with E-state index in [1.165, 1.54) is 0 Å². The number of hydrogen-bond donors (Lipinski definition) is 4. The molecule has 12 nitrogen and oxygen atoms in total. The van der Waals surface area contributed by atoms with Crippen molar-refractivity contribution < 1.29 is 28.7 Å². The molecule has 2 aliphatic rings. The van der Waals surface area contributed by atoms with Gasteiger partial charge in [0.25, 0.3) is 0 Å². The van der Waals surface area contributed by atoms with Crippen molar-refractivity contribution in [2.45, 2.75) is 65.1 Å². The topological polar surface area (TPSA) is 152 Å². The molecule has 2 saturated heterocycles. The van der Waals surface area contributed by atoms with Gasteiger partial charge in [-0.15, -0.1) is 0 Å². The molecule has 0 aromatic carbocycles. The average molecular weight is 539 g/mol. The minimum atomic E-state index is -0.864. The fraction of sp³-hybridized carbons (Fsp3) is 0.808. The zero-order valence-corrected chi connectivity index (χ0v) is 23.7. The van der Waals surface area contributed by atoms with Crippen molar-refractivity contribution in [2.75, 3.05) is 59.5 Å². The third-order valence-electron chi connectivity index (χ3n) is 6.65. The number of piperazine rings is 1. The number of nitrogens with zero attached hydrogens (tertiary/aromatic N) is 2. The monoisotopic (exact) mass is 538 g/mol. The molecule has 0 spiro atoms. The maximum absolute atomic E-state index is 12.8. The highest BCUT2D eigenvalue weighted by Gasteiger charge is 2.50. The predicted molar refractivity (Wildman–Crippen MR) is 142 cm³/mol. The fourth-order valence-electron chi connectivity index (χ4n) is 4.25. The molecule has 0 radical (unpaired) electrons. The van der Waals surface area contributed by atoms with Crippen LogP contribution in [-0.4, -0.2) is 116 Å². The number of carbonyl (C=O) groups is 5. The van der Waals surface area contributed by atoms with Crippen LogP contribution in [0.1, 0.15) is 47.5 Å². The Morgan fingerprint density at radius 1 is 0.789 bits per heavy atom. The summed E-state index contributed by atoms with van der Waals surface area (Å²) in [5, 5.41) is 10.5. The summed E-state index contributed by atoms with van der Waals surface area (Å²) in [6.45, 7) is 12.8. The van der Waals surface area contributed by atoms with E-state index in [1.54, 1.807) is 6.92 Å². The first-order valence-electron chi connectivity index (χ1n) is 13.5. The molecule has 3 atom stereocenters. The highest BCUT2D eigenvalue weighted by Crippen LogP contribution is 2.29. The lowest BCUT2D eigenvalue weighted by molar-refractivity contribution is -0.132. The van der Waals surface area contributed by atoms with Gasteiger partial charge < -0.3 is 30.9 Å². The Balaban J connectivity index is 1.81. The van der Waals surface area contributed by atoms with E-state index in [0.717, 1.165) is 26.2 Å². The first-order valence-corrected chi connectivity index (χ1v) is 13.5. The van der Waals surface area contributed by atoms with E-state index in [-0.39, 0.29) is 43.2 Å². The van der Waals surface area contributed by atoms with Crippen LogP contribution in [0.5, 0.6) is 0 Å². The van der Waals surface area contributed by atoms with Gasteiger partial charge in [0.2, 0.25) is 23.6 Å². The summed E-state index contributed by atoms with van der Waals surface area (Å²) in [5.74, 6) is -1.63. The Kier molecular flexibility index (Phi) is 12.1. The molecule has 2 heterocycles. The number of Topliss-reactive ketones (excluding diaryl/α,β-unsaturated/α-hetero) is 1. The Labute approximate surface area is 225 Å². The molecular formula is C26H46N6O6. The highest BCUT2D eigenvalue weighted by atomic mass is 16.6. The second-order valence-electron chi connectivity index (χ2n) is 11.5. The number of rotatable bonds is 15. The number of ether oxygens (including phenoxy) is 1. The number of hydrogen-bond acceptors (Lipinski definition) is 8. The van der Waals surface area contributed by atoms with E-state index in [2.05, 4.69) is 26.2 Å². The lowest BCUT2D eigenvalue weighted by Crippen LogP contribution is -2.53. The molecular weight excluding hydrogens is 492 g/mol. The van der Waals surface area contributed by atoms with Crippen molar-refractivity contribution in [2.24, 2.45) is 11.8 Å². The zero-order valence-electron chi connectivity index (χ0n) is 23.7. The molecule has 38 heavy (non-hydrogen) atoms. The number of epoxide rings is 1. The molecule has 216 valence electrons. The van der Waals surface area contributed by atoms with Gasteiger partial charge in [0.05, 0.1) is 32.3 Å². The smallest absolute Gasteiger partial charge is 0.243 e. The van der Waals surface area contributed by atoms with Gasteiger partial charge in [-0.2, -0.15) is 0 Å². The molecule has 2 aliphatic heterocycles. The van der Waals surface area contributed by atoms with Crippen molar-refractivity contribution in [3.63, 3.8) is 0 Å². The van der Waals surface area contributed by atoms with Crippen LogP contribution in [0, 0.1) is 11.8 Å². The molecule has 4 N–H and O–H groups in total. The number of carbonyl (C=O) groups excluding carboxylic acids is 5. The maximum atomic E-state index is 12.8. The van der Waals surface area contributed by atoms with Crippen LogP contribution in [0.25, 0.3) is 0 Å². The van der Waals surface area contributed by atoms with E-state index in [9.17, 15) is 24.0 Å². The molecule has 4 amide bonds. The van der Waals surface area contributed by atoms with E-state index in [0.29, 0.717) is 19.4 Å². The summed E-state index contributed by atoms with van der Waals surface area (Å²) < 4.78 is 5.24. The van der Waals surface area contributed by atoms with Crippen LogP contribution in [0.4, 0.5) is 0 Å². The van der Waals surface area contributed by atoms with Crippen LogP contribution in [-0.2, 0) is 28.7 Å². The number of likely N-dealkylation sites (N-methyl/N-ethyl adjacent to an activating group) is 1. The second-order valence-corrected chi connectivity index (χ2v) is 11.5. The van der Waals surface area contributed by atoms with E-state index in [1.807, 2.05) is 39.6 Å². The summed E-state index contributed by atoms with van der Waals surface area (Å²) in [5.41, 5.74) is -0.858. The largest absolute Gasteiger partial charge is 0.361 e. The van der Waals surface area contributed by atoms with Crippen molar-refractivity contribution in [1.82, 2.24) is 31.1 Å². The predicted octanol–water partition coefficient (Wildman–Crippen LogP) is -1.11. The van der Waals surface area contributed by atoms with E-state index >= 15 is 0 Å². The number of nitrogens with one attached hydrogen (secondary N) is 4. The van der Waals surface area contributed by atoms with Gasteiger partial charge in [-0.3, -0.25) is 28.9 Å². The van der Waals surface area contributed by atoms with Gasteiger partial charge in [0, 0.05) is 26.2 Å². The van der Waals surface area contributed by atoms with Crippen molar-refractivity contribution >= 4 is 29.4 Å². The zero-order chi connectivity index (χ0) is 28.5. The summed E-state index contributed by atoms with van der Waals surface area (Å²) >= 11 is 0. The summed E-state index contributed by atoms with van der Waals surface area (Å²) in [7, 11) is 2.03. The molecule has 0 saturated carbocycles. The lowest BCUT2D eigenvalue weighted by atomic mass is 9.93. The van der Waals surface area contributed by atoms with E-state index in [4.69, 9.17) is 4.74 Å². The summed E-state index contributed by atoms with van der Waals surface area (Å²) in [6, 6.07) is -1.57. The first-order chi connectivity index (χ1) is 17.8. The molecule has 0 unspecified atom stereocenters. The standard InChI is InChI=1S/C26H46N6O6/c1-17(2)11-19(24(36)26(5)16-38-26)29-22(34)14-28-25(37)20(12-18(3)4)30-21(33)13-27-23(35)15-32-9-7-31(6)8-10-32/h17-20H,7-16H2,1-6H3,(H,27,35)(H,28,37)(H,29,34)(H,30,33)/t19-,20-,26+/m0/s1. The van der Waals surface area contributed by atoms with Crippen molar-refractivity contribution in [3.05, 3.63) is 0 Å². The van der Waals surface area contributed by atoms with Crippen LogP contribution in [0.3, 0.4) is 0 Å². The maximum Gasteiger partial charge on any atom is 0.243 e. The number of amides is 4. The SMILES string of the molecule is CC(C)C[C@H](NC(=O)CNC(=O)CN1CCN(C)CC1)C(=O)NCC(=O)N[C@@H](CC(C)C)C(=O)[C@@]1(C)CO1. The Morgan fingerprint density at radius 3 is 1.82 bits per heavy atom. The lowest BCUT2D eigenvalue weighted by Gasteiger charge is -2.31. The van der Waals surface area contributed by atoms with Crippen LogP contribution in [0.15, 0.2) is 0 Å². The molecule has 2 rings (SSSR count). The molecule has 12 heteroatoms. The van der Waals surface area contributed by atoms with Crippen LogP contribution in [0.2, 0.25) is 0 Å². The van der Waals surface area contributed by atoms with Gasteiger partial charge in [0.1, 0.15) is 11.6 Å². The van der Waals surface area contributed by atoms with Crippen LogP contribution >= 0.6 is 0 Å². The Bertz CT molecular complexity index is 851. The molecule has 0 aliphatic carbocycles. The van der Waals surface area contributed by atoms with Crippen molar-refractivity contribution in [3.8, 4) is 0 Å². The summed E-state index contributed by atoms with van der Waals surface area (Å²) in [4.78, 5) is 67.0. The first kappa shape index (κ1) is 31.6. The molecule has 0 bridgehead atoms. The molecule has 0 aromatic heterocycles. The quantitative estimate of drug-likeness (QED) is 0.192. The van der Waals surface area contributed by atoms with E-state index < -0.39 is 35.4 Å². The van der Waals surface area contributed by atoms with Gasteiger partial charge in [-0.05, 0) is 38.6 Å².